The van der Waals surface area contributed by atoms with Crippen molar-refractivity contribution in [2.75, 3.05) is 6.61 Å². The Kier molecular flexibility index (Phi) is 5.90. The summed E-state index contributed by atoms with van der Waals surface area (Å²) in [6.45, 7) is 9.45. The summed E-state index contributed by atoms with van der Waals surface area (Å²) < 4.78 is 5.16. The van der Waals surface area contributed by atoms with E-state index in [-0.39, 0.29) is 12.3 Å². The highest BCUT2D eigenvalue weighted by Crippen LogP contribution is 2.28. The molecule has 0 aliphatic heterocycles. The molecule has 2 rings (SSSR count). The monoisotopic (exact) mass is 303 g/mol. The third kappa shape index (κ3) is 4.18. The molecule has 0 fully saturated rings. The lowest BCUT2D eigenvalue weighted by Crippen LogP contribution is -2.08. The van der Waals surface area contributed by atoms with E-state index in [2.05, 4.69) is 4.85 Å². The van der Waals surface area contributed by atoms with Gasteiger partial charge in [-0.25, -0.2) is 4.85 Å². The number of carbonyl (C=O) groups excluding carboxylic acids is 1. The molecule has 0 heterocycles. The molecule has 0 N–H and O–H groups in total. The fraction of sp³-hybridized carbons (Fsp3) is 0.100. The Morgan fingerprint density at radius 1 is 1.04 bits per heavy atom. The average Bonchev–Trinajstić information content (AvgIpc) is 2.61. The Balaban J connectivity index is 2.54. The summed E-state index contributed by atoms with van der Waals surface area (Å²) in [4.78, 5) is 15.8. The van der Waals surface area contributed by atoms with Crippen LogP contribution in [-0.2, 0) is 9.53 Å². The number of hydrogen-bond acceptors (Lipinski definition) is 2. The number of hydrogen-bond donors (Lipinski definition) is 0. The maximum Gasteiger partial charge on any atom is 0.337 e. The van der Waals surface area contributed by atoms with Crippen molar-refractivity contribution in [2.45, 2.75) is 6.92 Å². The fourth-order valence-electron chi connectivity index (χ4n) is 2.14. The Morgan fingerprint density at radius 3 is 2.00 bits per heavy atom. The number of nitrogens with zero attached hydrogens (tertiary/aromatic N) is 1. The molecule has 114 valence electrons. The SMILES string of the molecule is [C-]#[N+]C(C(=O)OCC=CC)=C(c1ccccc1)c1ccccc1. The molecule has 3 heteroatoms. The van der Waals surface area contributed by atoms with Crippen LogP contribution in [0.1, 0.15) is 18.1 Å². The van der Waals surface area contributed by atoms with Crippen LogP contribution in [0, 0.1) is 6.57 Å². The quantitative estimate of drug-likeness (QED) is 0.353. The van der Waals surface area contributed by atoms with Gasteiger partial charge < -0.3 is 4.74 Å². The molecule has 0 spiro atoms. The number of ether oxygens (including phenoxy) is 1. The summed E-state index contributed by atoms with van der Waals surface area (Å²) in [7, 11) is 0. The van der Waals surface area contributed by atoms with Crippen molar-refractivity contribution >= 4 is 11.5 Å². The largest absolute Gasteiger partial charge is 0.466 e. The van der Waals surface area contributed by atoms with E-state index in [0.29, 0.717) is 5.57 Å². The standard InChI is InChI=1S/C20H17NO2/c1-3-4-15-23-20(22)19(21-2)18(16-11-7-5-8-12-16)17-13-9-6-10-14-17/h3-14H,15H2,1H3. The van der Waals surface area contributed by atoms with Crippen LogP contribution in [-0.4, -0.2) is 12.6 Å². The highest BCUT2D eigenvalue weighted by atomic mass is 16.5. The van der Waals surface area contributed by atoms with Gasteiger partial charge in [0.2, 0.25) is 0 Å². The predicted molar refractivity (Wildman–Crippen MR) is 91.3 cm³/mol. The van der Waals surface area contributed by atoms with Gasteiger partial charge in [0.05, 0.1) is 6.57 Å². The third-order valence-electron chi connectivity index (χ3n) is 3.21. The van der Waals surface area contributed by atoms with Gasteiger partial charge in [-0.3, -0.25) is 4.79 Å². The van der Waals surface area contributed by atoms with Gasteiger partial charge in [-0.2, -0.15) is 0 Å². The summed E-state index contributed by atoms with van der Waals surface area (Å²) >= 11 is 0. The van der Waals surface area contributed by atoms with Crippen LogP contribution in [0.5, 0.6) is 0 Å². The van der Waals surface area contributed by atoms with Gasteiger partial charge in [-0.1, -0.05) is 72.8 Å². The lowest BCUT2D eigenvalue weighted by atomic mass is 9.96. The topological polar surface area (TPSA) is 30.7 Å². The summed E-state index contributed by atoms with van der Waals surface area (Å²) in [5.74, 6) is -0.610. The molecular weight excluding hydrogens is 286 g/mol. The van der Waals surface area contributed by atoms with E-state index in [0.717, 1.165) is 11.1 Å². The van der Waals surface area contributed by atoms with E-state index in [1.54, 1.807) is 12.2 Å². The molecule has 0 aliphatic carbocycles. The van der Waals surface area contributed by atoms with E-state index >= 15 is 0 Å². The van der Waals surface area contributed by atoms with Crippen molar-refractivity contribution in [2.24, 2.45) is 0 Å². The maximum absolute atomic E-state index is 12.3. The van der Waals surface area contributed by atoms with Crippen LogP contribution in [0.3, 0.4) is 0 Å². The van der Waals surface area contributed by atoms with Crippen molar-refractivity contribution in [3.05, 3.63) is 101 Å². The average molecular weight is 303 g/mol. The van der Waals surface area contributed by atoms with Crippen molar-refractivity contribution in [1.82, 2.24) is 0 Å². The van der Waals surface area contributed by atoms with Crippen molar-refractivity contribution in [3.8, 4) is 0 Å². The maximum atomic E-state index is 12.3. The molecule has 0 aromatic heterocycles. The summed E-state index contributed by atoms with van der Waals surface area (Å²) in [6.07, 6.45) is 3.52. The number of carbonyl (C=O) groups is 1. The van der Waals surface area contributed by atoms with E-state index in [4.69, 9.17) is 11.3 Å². The molecule has 3 nitrogen and oxygen atoms in total. The molecule has 0 saturated heterocycles. The minimum Gasteiger partial charge on any atom is -0.466 e. The highest BCUT2D eigenvalue weighted by molar-refractivity contribution is 6.03. The molecule has 0 saturated carbocycles. The Labute approximate surface area is 136 Å². The van der Waals surface area contributed by atoms with E-state index in [1.807, 2.05) is 67.6 Å². The predicted octanol–water partition coefficient (Wildman–Crippen LogP) is 4.48. The molecule has 23 heavy (non-hydrogen) atoms. The smallest absolute Gasteiger partial charge is 0.337 e. The summed E-state index contributed by atoms with van der Waals surface area (Å²) in [5.41, 5.74) is 2.21. The molecular formula is C20H17NO2. The van der Waals surface area contributed by atoms with E-state index < -0.39 is 5.97 Å². The number of benzene rings is 2. The molecule has 0 bridgehead atoms. The first-order chi connectivity index (χ1) is 11.3. The van der Waals surface area contributed by atoms with Gasteiger partial charge in [0, 0.05) is 5.57 Å². The zero-order chi connectivity index (χ0) is 16.5. The molecule has 0 amide bonds. The number of allylic oxidation sites excluding steroid dienone is 1. The van der Waals surface area contributed by atoms with Gasteiger partial charge in [-0.05, 0) is 18.1 Å². The van der Waals surface area contributed by atoms with Gasteiger partial charge in [0.1, 0.15) is 6.61 Å². The molecule has 0 unspecified atom stereocenters. The van der Waals surface area contributed by atoms with Crippen molar-refractivity contribution < 1.29 is 9.53 Å². The first kappa shape index (κ1) is 16.3. The summed E-state index contributed by atoms with van der Waals surface area (Å²) in [5, 5.41) is 0. The lowest BCUT2D eigenvalue weighted by molar-refractivity contribution is -0.137. The second-order valence-electron chi connectivity index (χ2n) is 4.73. The zero-order valence-corrected chi connectivity index (χ0v) is 12.9. The molecule has 2 aromatic rings. The second kappa shape index (κ2) is 8.35. The Morgan fingerprint density at radius 2 is 1.57 bits per heavy atom. The number of rotatable bonds is 5. The van der Waals surface area contributed by atoms with Crippen molar-refractivity contribution in [1.29, 1.82) is 0 Å². The Hall–Kier alpha value is -3.12. The molecule has 0 atom stereocenters. The first-order valence-corrected chi connectivity index (χ1v) is 7.28. The van der Waals surface area contributed by atoms with Crippen LogP contribution in [0.4, 0.5) is 0 Å². The van der Waals surface area contributed by atoms with Crippen LogP contribution >= 0.6 is 0 Å². The van der Waals surface area contributed by atoms with Gasteiger partial charge in [0.15, 0.2) is 0 Å². The van der Waals surface area contributed by atoms with E-state index in [1.165, 1.54) is 0 Å². The van der Waals surface area contributed by atoms with Gasteiger partial charge in [0.25, 0.3) is 5.70 Å². The van der Waals surface area contributed by atoms with Crippen molar-refractivity contribution in [3.63, 3.8) is 0 Å². The van der Waals surface area contributed by atoms with Gasteiger partial charge >= 0.3 is 5.97 Å². The lowest BCUT2D eigenvalue weighted by Gasteiger charge is -2.11. The highest BCUT2D eigenvalue weighted by Gasteiger charge is 2.20. The zero-order valence-electron chi connectivity index (χ0n) is 12.9. The summed E-state index contributed by atoms with van der Waals surface area (Å²) in [6, 6.07) is 18.8. The van der Waals surface area contributed by atoms with Crippen LogP contribution < -0.4 is 0 Å². The first-order valence-electron chi connectivity index (χ1n) is 7.28. The third-order valence-corrected chi connectivity index (χ3v) is 3.21. The molecule has 2 aromatic carbocycles. The van der Waals surface area contributed by atoms with E-state index in [9.17, 15) is 4.79 Å². The van der Waals surface area contributed by atoms with Gasteiger partial charge in [-0.15, -0.1) is 0 Å². The fourth-order valence-corrected chi connectivity index (χ4v) is 2.14. The van der Waals surface area contributed by atoms with Crippen LogP contribution in [0.15, 0.2) is 78.5 Å². The second-order valence-corrected chi connectivity index (χ2v) is 4.73. The minimum atomic E-state index is -0.610. The molecule has 0 aliphatic rings. The normalized spacial score (nSPS) is 10.1. The van der Waals surface area contributed by atoms with Crippen LogP contribution in [0.2, 0.25) is 0 Å². The van der Waals surface area contributed by atoms with Crippen LogP contribution in [0.25, 0.3) is 10.4 Å². The number of esters is 1. The minimum absolute atomic E-state index is 0.00750. The Bertz CT molecular complexity index is 712. The molecule has 0 radical (unpaired) electrons.